The molecule has 1 unspecified atom stereocenters. The molecule has 1 fully saturated rings. The van der Waals surface area contributed by atoms with E-state index in [4.69, 9.17) is 0 Å². The second kappa shape index (κ2) is 6.05. The third-order valence-corrected chi connectivity index (χ3v) is 3.94. The molecule has 1 atom stereocenters. The van der Waals surface area contributed by atoms with Crippen molar-refractivity contribution in [3.63, 3.8) is 0 Å². The van der Waals surface area contributed by atoms with Gasteiger partial charge in [0.05, 0.1) is 5.25 Å². The molecule has 0 spiro atoms. The molecule has 8 heteroatoms. The molecule has 3 N–H and O–H groups in total. The fraction of sp³-hybridized carbons (Fsp3) is 0.692. The number of rotatable bonds is 4. The van der Waals surface area contributed by atoms with Crippen molar-refractivity contribution in [2.24, 2.45) is 0 Å². The fourth-order valence-electron chi connectivity index (χ4n) is 1.51. The van der Waals surface area contributed by atoms with Crippen LogP contribution < -0.4 is 10.6 Å². The van der Waals surface area contributed by atoms with Gasteiger partial charge in [-0.15, -0.1) is 5.10 Å². The van der Waals surface area contributed by atoms with Crippen molar-refractivity contribution in [2.45, 2.75) is 62.4 Å². The van der Waals surface area contributed by atoms with E-state index in [-0.39, 0.29) is 17.4 Å². The molecule has 0 aliphatic heterocycles. The predicted octanol–water partition coefficient (Wildman–Crippen LogP) is 1.57. The number of nitrogens with zero attached hydrogens (tertiary/aromatic N) is 2. The van der Waals surface area contributed by atoms with Crippen LogP contribution in [0.5, 0.6) is 0 Å². The van der Waals surface area contributed by atoms with Crippen LogP contribution in [0.15, 0.2) is 5.16 Å². The lowest BCUT2D eigenvalue weighted by Crippen LogP contribution is -2.43. The van der Waals surface area contributed by atoms with E-state index in [1.165, 1.54) is 11.8 Å². The van der Waals surface area contributed by atoms with Crippen LogP contribution in [0, 0.1) is 0 Å². The number of hydrogen-bond acceptors (Lipinski definition) is 5. The Morgan fingerprint density at radius 1 is 1.38 bits per heavy atom. The van der Waals surface area contributed by atoms with Gasteiger partial charge in [-0.05, 0) is 19.8 Å². The Morgan fingerprint density at radius 3 is 2.57 bits per heavy atom. The molecular weight excluding hydrogens is 290 g/mol. The highest BCUT2D eigenvalue weighted by Crippen LogP contribution is 2.23. The molecule has 1 aromatic heterocycles. The molecule has 21 heavy (non-hydrogen) atoms. The summed E-state index contributed by atoms with van der Waals surface area (Å²) in [6.45, 7) is 7.80. The summed E-state index contributed by atoms with van der Waals surface area (Å²) >= 11 is 1.22. The van der Waals surface area contributed by atoms with Crippen molar-refractivity contribution >= 4 is 23.7 Å². The summed E-state index contributed by atoms with van der Waals surface area (Å²) in [6, 6.07) is -0.205. The third kappa shape index (κ3) is 4.73. The Hall–Kier alpha value is -1.57. The minimum Gasteiger partial charge on any atom is -0.335 e. The van der Waals surface area contributed by atoms with Gasteiger partial charge in [-0.2, -0.15) is 0 Å². The van der Waals surface area contributed by atoms with E-state index in [0.29, 0.717) is 5.16 Å². The molecule has 116 valence electrons. The van der Waals surface area contributed by atoms with Crippen molar-refractivity contribution in [3.8, 4) is 0 Å². The fourth-order valence-corrected chi connectivity index (χ4v) is 2.23. The highest BCUT2D eigenvalue weighted by Gasteiger charge is 2.26. The average molecular weight is 311 g/mol. The highest BCUT2D eigenvalue weighted by atomic mass is 32.2. The van der Waals surface area contributed by atoms with Gasteiger partial charge in [0.2, 0.25) is 11.1 Å². The molecule has 0 bridgehead atoms. The van der Waals surface area contributed by atoms with E-state index < -0.39 is 11.3 Å². The second-order valence-corrected chi connectivity index (χ2v) is 7.52. The molecular formula is C13H21N5O2S. The normalized spacial score (nSPS) is 16.4. The summed E-state index contributed by atoms with van der Waals surface area (Å²) in [5.74, 6) is 0.421. The quantitative estimate of drug-likeness (QED) is 0.733. The minimum atomic E-state index is -0.446. The number of H-pyrrole nitrogens is 1. The summed E-state index contributed by atoms with van der Waals surface area (Å²) < 4.78 is 0. The maximum atomic E-state index is 11.9. The van der Waals surface area contributed by atoms with Crippen LogP contribution in [0.25, 0.3) is 0 Å². The molecule has 0 saturated heterocycles. The van der Waals surface area contributed by atoms with E-state index in [0.717, 1.165) is 18.7 Å². The molecule has 1 aromatic rings. The first-order valence-electron chi connectivity index (χ1n) is 6.96. The number of amides is 3. The number of imide groups is 1. The average Bonchev–Trinajstić information content (AvgIpc) is 3.03. The molecule has 0 radical (unpaired) electrons. The number of carbonyl (C=O) groups is 2. The van der Waals surface area contributed by atoms with Crippen LogP contribution >= 0.6 is 11.8 Å². The number of aromatic amines is 1. The first kappa shape index (κ1) is 15.8. The number of hydrogen-bond donors (Lipinski definition) is 3. The van der Waals surface area contributed by atoms with Gasteiger partial charge in [0, 0.05) is 11.5 Å². The Morgan fingerprint density at radius 2 is 2.05 bits per heavy atom. The zero-order valence-corrected chi connectivity index (χ0v) is 13.5. The third-order valence-electron chi connectivity index (χ3n) is 2.98. The molecule has 1 aliphatic rings. The van der Waals surface area contributed by atoms with Gasteiger partial charge in [-0.1, -0.05) is 32.5 Å². The first-order valence-corrected chi connectivity index (χ1v) is 7.84. The number of aromatic nitrogens is 3. The van der Waals surface area contributed by atoms with Gasteiger partial charge < -0.3 is 5.32 Å². The largest absolute Gasteiger partial charge is 0.335 e. The maximum absolute atomic E-state index is 11.9. The monoisotopic (exact) mass is 311 g/mol. The Balaban J connectivity index is 1.85. The van der Waals surface area contributed by atoms with E-state index >= 15 is 0 Å². The van der Waals surface area contributed by atoms with Gasteiger partial charge in [0.15, 0.2) is 0 Å². The summed E-state index contributed by atoms with van der Waals surface area (Å²) in [5, 5.41) is 12.1. The molecule has 1 aliphatic carbocycles. The highest BCUT2D eigenvalue weighted by molar-refractivity contribution is 8.00. The molecule has 7 nitrogen and oxygen atoms in total. The van der Waals surface area contributed by atoms with E-state index in [9.17, 15) is 9.59 Å². The van der Waals surface area contributed by atoms with Crippen molar-refractivity contribution in [1.82, 2.24) is 25.8 Å². The predicted molar refractivity (Wildman–Crippen MR) is 80.1 cm³/mol. The molecule has 0 aromatic carbocycles. The second-order valence-electron chi connectivity index (χ2n) is 6.21. The van der Waals surface area contributed by atoms with Crippen LogP contribution in [0.2, 0.25) is 0 Å². The summed E-state index contributed by atoms with van der Waals surface area (Å²) in [7, 11) is 0. The lowest BCUT2D eigenvalue weighted by Gasteiger charge is -2.13. The van der Waals surface area contributed by atoms with Crippen LogP contribution in [0.1, 0.15) is 46.4 Å². The molecule has 1 heterocycles. The zero-order chi connectivity index (χ0) is 15.6. The Kier molecular flexibility index (Phi) is 4.55. The van der Waals surface area contributed by atoms with Crippen LogP contribution in [-0.4, -0.2) is 38.4 Å². The van der Waals surface area contributed by atoms with Gasteiger partial charge in [0.1, 0.15) is 5.82 Å². The summed E-state index contributed by atoms with van der Waals surface area (Å²) in [5.41, 5.74) is -0.124. The van der Waals surface area contributed by atoms with E-state index in [1.54, 1.807) is 6.92 Å². The number of urea groups is 1. The topological polar surface area (TPSA) is 99.8 Å². The van der Waals surface area contributed by atoms with E-state index in [2.05, 4.69) is 25.8 Å². The molecule has 3 amide bonds. The Labute approximate surface area is 128 Å². The van der Waals surface area contributed by atoms with E-state index in [1.807, 2.05) is 20.8 Å². The van der Waals surface area contributed by atoms with Crippen molar-refractivity contribution in [1.29, 1.82) is 0 Å². The van der Waals surface area contributed by atoms with Gasteiger partial charge >= 0.3 is 6.03 Å². The smallest absolute Gasteiger partial charge is 0.321 e. The lowest BCUT2D eigenvalue weighted by molar-refractivity contribution is -0.119. The van der Waals surface area contributed by atoms with Gasteiger partial charge in [-0.3, -0.25) is 15.2 Å². The standard InChI is InChI=1S/C13H21N5O2S/c1-7(9(19)15-11(20)14-8-5-6-8)21-12-16-10(17-18-12)13(2,3)4/h7-8H,5-6H2,1-4H3,(H,16,17,18)(H2,14,15,19,20). The van der Waals surface area contributed by atoms with Gasteiger partial charge in [-0.25, -0.2) is 9.78 Å². The Bertz CT molecular complexity index is 533. The lowest BCUT2D eigenvalue weighted by atomic mass is 9.96. The first-order chi connectivity index (χ1) is 9.75. The van der Waals surface area contributed by atoms with Crippen LogP contribution in [0.4, 0.5) is 4.79 Å². The van der Waals surface area contributed by atoms with Crippen molar-refractivity contribution in [3.05, 3.63) is 5.82 Å². The molecule has 2 rings (SSSR count). The van der Waals surface area contributed by atoms with Crippen molar-refractivity contribution in [2.75, 3.05) is 0 Å². The van der Waals surface area contributed by atoms with Crippen molar-refractivity contribution < 1.29 is 9.59 Å². The van der Waals surface area contributed by atoms with Gasteiger partial charge in [0.25, 0.3) is 0 Å². The SMILES string of the molecule is CC(Sc1n[nH]c(C(C)(C)C)n1)C(=O)NC(=O)NC1CC1. The minimum absolute atomic E-state index is 0.124. The number of carbonyl (C=O) groups excluding carboxylic acids is 2. The van der Waals surface area contributed by atoms with Crippen LogP contribution in [-0.2, 0) is 10.2 Å². The van der Waals surface area contributed by atoms with Crippen LogP contribution in [0.3, 0.4) is 0 Å². The summed E-state index contributed by atoms with van der Waals surface area (Å²) in [4.78, 5) is 27.8. The number of nitrogens with one attached hydrogen (secondary N) is 3. The molecule has 1 saturated carbocycles. The zero-order valence-electron chi connectivity index (χ0n) is 12.7. The summed E-state index contributed by atoms with van der Waals surface area (Å²) in [6.07, 6.45) is 1.97. The maximum Gasteiger partial charge on any atom is 0.321 e. The number of thioether (sulfide) groups is 1.